The molecular formula is C20H30N2O5. The van der Waals surface area contributed by atoms with E-state index in [0.717, 1.165) is 5.56 Å². The number of aliphatic hydroxyl groups excluding tert-OH is 1. The van der Waals surface area contributed by atoms with Crippen molar-refractivity contribution in [1.82, 2.24) is 5.32 Å². The molecule has 7 heteroatoms. The lowest BCUT2D eigenvalue weighted by molar-refractivity contribution is -0.157. The van der Waals surface area contributed by atoms with Gasteiger partial charge in [0.25, 0.3) is 0 Å². The molecular weight excluding hydrogens is 348 g/mol. The van der Waals surface area contributed by atoms with E-state index in [9.17, 15) is 14.7 Å². The molecule has 1 aromatic carbocycles. The molecule has 0 heterocycles. The molecule has 0 spiro atoms. The molecule has 150 valence electrons. The maximum atomic E-state index is 12.5. The number of ether oxygens (including phenoxy) is 2. The van der Waals surface area contributed by atoms with Crippen molar-refractivity contribution in [2.75, 3.05) is 6.61 Å². The Labute approximate surface area is 160 Å². The fraction of sp³-hybridized carbons (Fsp3) is 0.600. The van der Waals surface area contributed by atoms with Gasteiger partial charge in [0.1, 0.15) is 6.61 Å². The van der Waals surface area contributed by atoms with Gasteiger partial charge in [-0.25, -0.2) is 4.79 Å². The molecule has 2 rings (SSSR count). The van der Waals surface area contributed by atoms with Crippen LogP contribution in [0.25, 0.3) is 0 Å². The van der Waals surface area contributed by atoms with Gasteiger partial charge in [0.15, 0.2) is 5.72 Å². The van der Waals surface area contributed by atoms with Gasteiger partial charge < -0.3 is 19.9 Å². The molecule has 3 atom stereocenters. The molecule has 1 aliphatic rings. The average molecular weight is 378 g/mol. The summed E-state index contributed by atoms with van der Waals surface area (Å²) in [6.07, 6.45) is 0.308. The Balaban J connectivity index is 1.92. The Kier molecular flexibility index (Phi) is 6.84. The van der Waals surface area contributed by atoms with E-state index >= 15 is 0 Å². The van der Waals surface area contributed by atoms with Crippen LogP contribution < -0.4 is 11.1 Å². The Morgan fingerprint density at radius 1 is 1.30 bits per heavy atom. The lowest BCUT2D eigenvalue weighted by Gasteiger charge is -2.40. The summed E-state index contributed by atoms with van der Waals surface area (Å²) in [7, 11) is 0. The summed E-state index contributed by atoms with van der Waals surface area (Å²) in [5.41, 5.74) is 5.47. The molecule has 3 unspecified atom stereocenters. The van der Waals surface area contributed by atoms with Crippen molar-refractivity contribution in [2.45, 2.75) is 57.9 Å². The number of nitrogens with one attached hydrogen (secondary N) is 1. The van der Waals surface area contributed by atoms with Gasteiger partial charge >= 0.3 is 12.1 Å². The fourth-order valence-corrected chi connectivity index (χ4v) is 3.27. The largest absolute Gasteiger partial charge is 0.461 e. The quantitative estimate of drug-likeness (QED) is 0.536. The number of esters is 1. The second-order valence-electron chi connectivity index (χ2n) is 8.21. The molecule has 1 aliphatic carbocycles. The highest BCUT2D eigenvalue weighted by Gasteiger charge is 2.44. The first-order valence-corrected chi connectivity index (χ1v) is 9.23. The van der Waals surface area contributed by atoms with E-state index in [1.54, 1.807) is 0 Å². The summed E-state index contributed by atoms with van der Waals surface area (Å²) >= 11 is 0. The van der Waals surface area contributed by atoms with Crippen LogP contribution in [0.3, 0.4) is 0 Å². The van der Waals surface area contributed by atoms with Crippen LogP contribution in [0, 0.1) is 11.8 Å². The van der Waals surface area contributed by atoms with E-state index in [2.05, 4.69) is 5.32 Å². The highest BCUT2D eigenvalue weighted by Crippen LogP contribution is 2.37. The van der Waals surface area contributed by atoms with E-state index in [0.29, 0.717) is 12.8 Å². The number of hydrogen-bond acceptors (Lipinski definition) is 6. The van der Waals surface area contributed by atoms with Crippen LogP contribution in [0.2, 0.25) is 0 Å². The number of benzene rings is 1. The van der Waals surface area contributed by atoms with Gasteiger partial charge in [0, 0.05) is 30.9 Å². The van der Waals surface area contributed by atoms with Crippen LogP contribution in [0.1, 0.15) is 45.6 Å². The number of amides is 1. The van der Waals surface area contributed by atoms with Crippen molar-refractivity contribution in [3.05, 3.63) is 35.9 Å². The monoisotopic (exact) mass is 378 g/mol. The molecule has 1 amide bonds. The molecule has 7 nitrogen and oxygen atoms in total. The number of carbonyl (C=O) groups excluding carboxylic acids is 2. The first kappa shape index (κ1) is 21.2. The molecule has 0 saturated heterocycles. The summed E-state index contributed by atoms with van der Waals surface area (Å²) in [5, 5.41) is 12.4. The van der Waals surface area contributed by atoms with Crippen LogP contribution in [0.5, 0.6) is 0 Å². The van der Waals surface area contributed by atoms with E-state index in [1.807, 2.05) is 51.1 Å². The van der Waals surface area contributed by atoms with Gasteiger partial charge in [-0.2, -0.15) is 0 Å². The normalized spacial score (nSPS) is 25.5. The van der Waals surface area contributed by atoms with Gasteiger partial charge in [0.05, 0.1) is 5.92 Å². The minimum atomic E-state index is -1.21. The van der Waals surface area contributed by atoms with E-state index in [-0.39, 0.29) is 25.6 Å². The van der Waals surface area contributed by atoms with Crippen molar-refractivity contribution in [3.63, 3.8) is 0 Å². The summed E-state index contributed by atoms with van der Waals surface area (Å²) in [4.78, 5) is 24.5. The van der Waals surface area contributed by atoms with Crippen LogP contribution >= 0.6 is 0 Å². The zero-order valence-corrected chi connectivity index (χ0v) is 16.2. The summed E-state index contributed by atoms with van der Waals surface area (Å²) in [6, 6.07) is 9.41. The molecule has 0 radical (unpaired) electrons. The third-order valence-electron chi connectivity index (χ3n) is 4.59. The molecule has 27 heavy (non-hydrogen) atoms. The number of rotatable bonds is 5. The van der Waals surface area contributed by atoms with Gasteiger partial charge in [-0.1, -0.05) is 30.3 Å². The van der Waals surface area contributed by atoms with Gasteiger partial charge in [-0.3, -0.25) is 10.5 Å². The predicted molar refractivity (Wildman–Crippen MR) is 100 cm³/mol. The van der Waals surface area contributed by atoms with E-state index in [4.69, 9.17) is 15.2 Å². The minimum Gasteiger partial charge on any atom is -0.461 e. The lowest BCUT2D eigenvalue weighted by atomic mass is 9.75. The smallest absolute Gasteiger partial charge is 0.409 e. The van der Waals surface area contributed by atoms with Crippen molar-refractivity contribution in [1.29, 1.82) is 0 Å². The Bertz CT molecular complexity index is 644. The number of aliphatic hydroxyl groups is 1. The lowest BCUT2D eigenvalue weighted by Crippen LogP contribution is -2.55. The first-order valence-electron chi connectivity index (χ1n) is 9.23. The van der Waals surface area contributed by atoms with Crippen molar-refractivity contribution in [2.24, 2.45) is 17.6 Å². The number of hydrogen-bond donors (Lipinski definition) is 3. The Morgan fingerprint density at radius 2 is 1.96 bits per heavy atom. The third kappa shape index (κ3) is 6.52. The number of nitrogens with two attached hydrogens (primary N) is 1. The van der Waals surface area contributed by atoms with Gasteiger partial charge in [-0.15, -0.1) is 0 Å². The van der Waals surface area contributed by atoms with Crippen LogP contribution in [0.15, 0.2) is 30.3 Å². The molecule has 0 aromatic heterocycles. The zero-order valence-electron chi connectivity index (χ0n) is 16.2. The third-order valence-corrected chi connectivity index (χ3v) is 4.59. The van der Waals surface area contributed by atoms with Gasteiger partial charge in [0.2, 0.25) is 0 Å². The molecule has 0 bridgehead atoms. The highest BCUT2D eigenvalue weighted by atomic mass is 16.6. The molecule has 0 aliphatic heterocycles. The molecule has 1 fully saturated rings. The van der Waals surface area contributed by atoms with E-state index < -0.39 is 29.2 Å². The average Bonchev–Trinajstić information content (AvgIpc) is 2.58. The first-order chi connectivity index (χ1) is 12.6. The standard InChI is InChI=1S/C20H30N2O5/c1-19(2,3)22-18(25)27-20(21)10-9-16(15(11-20)12-23)17(24)26-13-14-7-5-4-6-8-14/h4-8,15-16,23H,9-13,21H2,1-3H3,(H,22,25). The SMILES string of the molecule is CC(C)(C)NC(=O)OC1(N)CCC(C(=O)OCc2ccccc2)C(CO)C1. The maximum absolute atomic E-state index is 12.5. The topological polar surface area (TPSA) is 111 Å². The van der Waals surface area contributed by atoms with Crippen molar-refractivity contribution < 1.29 is 24.2 Å². The summed E-state index contributed by atoms with van der Waals surface area (Å²) in [6.45, 7) is 5.48. The van der Waals surface area contributed by atoms with Crippen LogP contribution in [-0.4, -0.2) is 35.0 Å². The summed E-state index contributed by atoms with van der Waals surface area (Å²) < 4.78 is 10.8. The number of carbonyl (C=O) groups is 2. The molecule has 4 N–H and O–H groups in total. The Hall–Kier alpha value is -2.12. The number of alkyl carbamates (subject to hydrolysis) is 1. The minimum absolute atomic E-state index is 0.187. The second kappa shape index (κ2) is 8.71. The molecule has 1 aromatic rings. The molecule has 1 saturated carbocycles. The van der Waals surface area contributed by atoms with E-state index in [1.165, 1.54) is 0 Å². The fourth-order valence-electron chi connectivity index (χ4n) is 3.27. The maximum Gasteiger partial charge on any atom is 0.409 e. The highest BCUT2D eigenvalue weighted by molar-refractivity contribution is 5.73. The van der Waals surface area contributed by atoms with Gasteiger partial charge in [-0.05, 0) is 32.8 Å². The van der Waals surface area contributed by atoms with Crippen LogP contribution in [0.4, 0.5) is 4.79 Å². The van der Waals surface area contributed by atoms with Crippen molar-refractivity contribution in [3.8, 4) is 0 Å². The summed E-state index contributed by atoms with van der Waals surface area (Å²) in [5.74, 6) is -1.25. The van der Waals surface area contributed by atoms with Crippen molar-refractivity contribution >= 4 is 12.1 Å². The second-order valence-corrected chi connectivity index (χ2v) is 8.21. The van der Waals surface area contributed by atoms with Crippen LogP contribution in [-0.2, 0) is 20.9 Å². The zero-order chi connectivity index (χ0) is 20.1. The Morgan fingerprint density at radius 3 is 2.56 bits per heavy atom. The predicted octanol–water partition coefficient (Wildman–Crippen LogP) is 2.32.